The Balaban J connectivity index is 1.42. The third-order valence-electron chi connectivity index (χ3n) is 6.84. The molecule has 1 aliphatic carbocycles. The SMILES string of the molecule is Cc1cc(NC(=O)C(=O)N2CCOCC2)c2c(c1Oc1ccc(O)c(S(=O)(=O)c3ccc(F)cc3)c1)CCC2. The lowest BCUT2D eigenvalue weighted by atomic mass is 10.0. The molecule has 1 fully saturated rings. The Bertz CT molecular complexity index is 1550. The third kappa shape index (κ3) is 5.32. The second-order valence-electron chi connectivity index (χ2n) is 9.43. The van der Waals surface area contributed by atoms with Crippen LogP contribution in [0, 0.1) is 12.7 Å². The van der Waals surface area contributed by atoms with E-state index in [-0.39, 0.29) is 15.5 Å². The van der Waals surface area contributed by atoms with E-state index in [1.165, 1.54) is 23.1 Å². The molecule has 39 heavy (non-hydrogen) atoms. The van der Waals surface area contributed by atoms with E-state index in [0.717, 1.165) is 41.8 Å². The fourth-order valence-electron chi connectivity index (χ4n) is 4.87. The molecule has 2 aliphatic rings. The summed E-state index contributed by atoms with van der Waals surface area (Å²) in [5.41, 5.74) is 2.95. The van der Waals surface area contributed by atoms with Gasteiger partial charge in [0, 0.05) is 30.4 Å². The van der Waals surface area contributed by atoms with Gasteiger partial charge >= 0.3 is 11.8 Å². The fraction of sp³-hybridized carbons (Fsp3) is 0.286. The Kier molecular flexibility index (Phi) is 7.28. The number of benzene rings is 3. The summed E-state index contributed by atoms with van der Waals surface area (Å²) in [6.45, 7) is 3.31. The number of aryl methyl sites for hydroxylation is 1. The Morgan fingerprint density at radius 1 is 1.03 bits per heavy atom. The van der Waals surface area contributed by atoms with Gasteiger partial charge < -0.3 is 24.8 Å². The summed E-state index contributed by atoms with van der Waals surface area (Å²) < 4.78 is 51.0. The molecule has 1 saturated heterocycles. The van der Waals surface area contributed by atoms with Gasteiger partial charge in [-0.25, -0.2) is 12.8 Å². The molecule has 1 heterocycles. The summed E-state index contributed by atoms with van der Waals surface area (Å²) >= 11 is 0. The van der Waals surface area contributed by atoms with Gasteiger partial charge in [-0.05, 0) is 79.8 Å². The van der Waals surface area contributed by atoms with Crippen LogP contribution in [0.4, 0.5) is 10.1 Å². The maximum atomic E-state index is 13.3. The monoisotopic (exact) mass is 554 g/mol. The number of nitrogens with zero attached hydrogens (tertiary/aromatic N) is 1. The highest BCUT2D eigenvalue weighted by Gasteiger charge is 2.28. The number of hydrogen-bond acceptors (Lipinski definition) is 7. The summed E-state index contributed by atoms with van der Waals surface area (Å²) in [7, 11) is -4.15. The number of hydrogen-bond donors (Lipinski definition) is 2. The van der Waals surface area contributed by atoms with Gasteiger partial charge in [-0.15, -0.1) is 0 Å². The Morgan fingerprint density at radius 3 is 2.44 bits per heavy atom. The van der Waals surface area contributed by atoms with E-state index in [1.807, 2.05) is 0 Å². The van der Waals surface area contributed by atoms with Crippen LogP contribution in [0.5, 0.6) is 17.2 Å². The molecule has 0 aromatic heterocycles. The van der Waals surface area contributed by atoms with E-state index in [0.29, 0.717) is 56.1 Å². The number of ether oxygens (including phenoxy) is 2. The number of amides is 2. The van der Waals surface area contributed by atoms with Crippen LogP contribution >= 0.6 is 0 Å². The van der Waals surface area contributed by atoms with E-state index in [4.69, 9.17) is 9.47 Å². The first-order valence-corrected chi connectivity index (χ1v) is 14.0. The van der Waals surface area contributed by atoms with Crippen molar-refractivity contribution in [1.29, 1.82) is 0 Å². The number of phenols is 1. The Morgan fingerprint density at radius 2 is 1.72 bits per heavy atom. The number of aromatic hydroxyl groups is 1. The van der Waals surface area contributed by atoms with Gasteiger partial charge in [-0.1, -0.05) is 0 Å². The van der Waals surface area contributed by atoms with Gasteiger partial charge in [0.05, 0.1) is 18.1 Å². The quantitative estimate of drug-likeness (QED) is 0.364. The molecule has 0 radical (unpaired) electrons. The van der Waals surface area contributed by atoms with Crippen molar-refractivity contribution in [3.8, 4) is 17.2 Å². The zero-order valence-corrected chi connectivity index (χ0v) is 22.0. The molecular weight excluding hydrogens is 527 g/mol. The summed E-state index contributed by atoms with van der Waals surface area (Å²) in [6.07, 6.45) is 2.16. The lowest BCUT2D eigenvalue weighted by Crippen LogP contribution is -2.45. The number of rotatable bonds is 5. The highest BCUT2D eigenvalue weighted by Crippen LogP contribution is 2.42. The predicted molar refractivity (Wildman–Crippen MR) is 139 cm³/mol. The predicted octanol–water partition coefficient (Wildman–Crippen LogP) is 3.75. The number of nitrogens with one attached hydrogen (secondary N) is 1. The van der Waals surface area contributed by atoms with Crippen molar-refractivity contribution in [3.63, 3.8) is 0 Å². The minimum Gasteiger partial charge on any atom is -0.507 e. The average Bonchev–Trinajstić information content (AvgIpc) is 3.42. The van der Waals surface area contributed by atoms with Crippen molar-refractivity contribution in [1.82, 2.24) is 4.90 Å². The lowest BCUT2D eigenvalue weighted by molar-refractivity contribution is -0.145. The van der Waals surface area contributed by atoms with Crippen molar-refractivity contribution in [2.75, 3.05) is 31.6 Å². The van der Waals surface area contributed by atoms with Gasteiger partial charge in [-0.3, -0.25) is 9.59 Å². The van der Waals surface area contributed by atoms with Crippen LogP contribution in [-0.4, -0.2) is 56.5 Å². The van der Waals surface area contributed by atoms with Crippen LogP contribution in [0.15, 0.2) is 58.3 Å². The lowest BCUT2D eigenvalue weighted by Gasteiger charge is -2.26. The first-order chi connectivity index (χ1) is 18.6. The third-order valence-corrected chi connectivity index (χ3v) is 8.64. The molecule has 0 saturated carbocycles. The summed E-state index contributed by atoms with van der Waals surface area (Å²) in [5.74, 6) is -1.66. The molecule has 0 atom stereocenters. The topological polar surface area (TPSA) is 122 Å². The molecule has 9 nitrogen and oxygen atoms in total. The van der Waals surface area contributed by atoms with Crippen LogP contribution in [-0.2, 0) is 37.0 Å². The van der Waals surface area contributed by atoms with Gasteiger partial charge in [0.15, 0.2) is 0 Å². The van der Waals surface area contributed by atoms with Gasteiger partial charge in [-0.2, -0.15) is 0 Å². The number of carbonyl (C=O) groups excluding carboxylic acids is 2. The van der Waals surface area contributed by atoms with Crippen molar-refractivity contribution in [2.45, 2.75) is 36.0 Å². The number of anilines is 1. The number of phenolic OH excluding ortho intramolecular Hbond substituents is 1. The summed E-state index contributed by atoms with van der Waals surface area (Å²) in [6, 6.07) is 9.98. The Labute approximate surface area is 225 Å². The maximum absolute atomic E-state index is 13.3. The average molecular weight is 555 g/mol. The highest BCUT2D eigenvalue weighted by atomic mass is 32.2. The minimum absolute atomic E-state index is 0.167. The maximum Gasteiger partial charge on any atom is 0.313 e. The van der Waals surface area contributed by atoms with Crippen molar-refractivity contribution in [3.05, 3.63) is 71.0 Å². The van der Waals surface area contributed by atoms with Crippen LogP contribution in [0.1, 0.15) is 23.1 Å². The van der Waals surface area contributed by atoms with Gasteiger partial charge in [0.1, 0.15) is 28.0 Å². The number of carbonyl (C=O) groups is 2. The zero-order valence-electron chi connectivity index (χ0n) is 21.2. The van der Waals surface area contributed by atoms with Crippen LogP contribution in [0.3, 0.4) is 0 Å². The van der Waals surface area contributed by atoms with Crippen molar-refractivity contribution < 1.29 is 37.0 Å². The molecule has 0 bridgehead atoms. The first-order valence-electron chi connectivity index (χ1n) is 12.5. The number of fused-ring (bicyclic) bond motifs is 1. The van der Waals surface area contributed by atoms with Gasteiger partial charge in [0.25, 0.3) is 0 Å². The molecule has 3 aromatic rings. The second kappa shape index (κ2) is 10.7. The summed E-state index contributed by atoms with van der Waals surface area (Å²) in [4.78, 5) is 26.3. The number of halogens is 1. The molecular formula is C28H27FN2O7S. The molecule has 11 heteroatoms. The largest absolute Gasteiger partial charge is 0.507 e. The number of morpholine rings is 1. The molecule has 204 valence electrons. The second-order valence-corrected chi connectivity index (χ2v) is 11.3. The molecule has 3 aromatic carbocycles. The zero-order chi connectivity index (χ0) is 27.7. The van der Waals surface area contributed by atoms with Crippen LogP contribution < -0.4 is 10.1 Å². The van der Waals surface area contributed by atoms with Crippen LogP contribution in [0.25, 0.3) is 0 Å². The van der Waals surface area contributed by atoms with Gasteiger partial charge in [0.2, 0.25) is 9.84 Å². The minimum atomic E-state index is -4.15. The van der Waals surface area contributed by atoms with Crippen molar-refractivity contribution >= 4 is 27.3 Å². The van der Waals surface area contributed by atoms with Crippen molar-refractivity contribution in [2.24, 2.45) is 0 Å². The van der Waals surface area contributed by atoms with E-state index in [1.54, 1.807) is 13.0 Å². The normalized spacial score (nSPS) is 15.1. The van der Waals surface area contributed by atoms with E-state index >= 15 is 0 Å². The van der Waals surface area contributed by atoms with Crippen LogP contribution in [0.2, 0.25) is 0 Å². The van der Waals surface area contributed by atoms with E-state index in [9.17, 15) is 27.5 Å². The summed E-state index contributed by atoms with van der Waals surface area (Å²) in [5, 5.41) is 13.1. The van der Waals surface area contributed by atoms with E-state index in [2.05, 4.69) is 5.32 Å². The highest BCUT2D eigenvalue weighted by molar-refractivity contribution is 7.91. The standard InChI is InChI=1S/C28H27FN2O7S/c1-17-15-23(30-27(33)28(34)31-11-13-37-14-12-31)21-3-2-4-22(21)26(17)38-19-7-10-24(32)25(16-19)39(35,36)20-8-5-18(29)6-9-20/h5-10,15-16,32H,2-4,11-14H2,1H3,(H,30,33). The number of sulfone groups is 1. The smallest absolute Gasteiger partial charge is 0.313 e. The molecule has 0 unspecified atom stereocenters. The molecule has 0 spiro atoms. The molecule has 2 N–H and O–H groups in total. The van der Waals surface area contributed by atoms with E-state index < -0.39 is 33.2 Å². The molecule has 1 aliphatic heterocycles. The molecule has 5 rings (SSSR count). The Hall–Kier alpha value is -3.96. The fourth-order valence-corrected chi connectivity index (χ4v) is 6.23. The first kappa shape index (κ1) is 26.6. The molecule has 2 amide bonds.